The molecular weight excluding hydrogens is 336 g/mol. The van der Waals surface area contributed by atoms with E-state index in [-0.39, 0.29) is 22.7 Å². The number of carbonyl (C=O) groups is 1. The van der Waals surface area contributed by atoms with Crippen LogP contribution in [0.25, 0.3) is 0 Å². The van der Waals surface area contributed by atoms with Crippen molar-refractivity contribution in [3.05, 3.63) is 52.0 Å². The van der Waals surface area contributed by atoms with Crippen molar-refractivity contribution in [3.63, 3.8) is 0 Å². The van der Waals surface area contributed by atoms with E-state index in [0.717, 1.165) is 6.07 Å². The number of aromatic carboxylic acids is 1. The van der Waals surface area contributed by atoms with Gasteiger partial charge in [0.2, 0.25) is 5.82 Å². The third kappa shape index (κ3) is 2.88. The molecule has 104 valence electrons. The Bertz CT molecular complexity index is 692. The van der Waals surface area contributed by atoms with Crippen molar-refractivity contribution in [1.29, 1.82) is 0 Å². The van der Waals surface area contributed by atoms with E-state index in [1.54, 1.807) is 0 Å². The normalized spacial score (nSPS) is 10.3. The summed E-state index contributed by atoms with van der Waals surface area (Å²) in [6, 6.07) is 5.96. The third-order valence-electron chi connectivity index (χ3n) is 2.44. The van der Waals surface area contributed by atoms with E-state index in [0.29, 0.717) is 4.47 Å². The lowest BCUT2D eigenvalue weighted by molar-refractivity contribution is 0.0698. The lowest BCUT2D eigenvalue weighted by atomic mass is 10.2. The van der Waals surface area contributed by atoms with Gasteiger partial charge in [0.25, 0.3) is 0 Å². The van der Waals surface area contributed by atoms with Gasteiger partial charge in [0.15, 0.2) is 11.6 Å². The molecule has 2 aromatic rings. The first-order valence-electron chi connectivity index (χ1n) is 5.33. The Labute approximate surface area is 120 Å². The van der Waals surface area contributed by atoms with E-state index < -0.39 is 17.6 Å². The van der Waals surface area contributed by atoms with Crippen molar-refractivity contribution < 1.29 is 23.4 Å². The number of carboxylic acids is 1. The first-order valence-corrected chi connectivity index (χ1v) is 6.13. The summed E-state index contributed by atoms with van der Waals surface area (Å²) >= 11 is 3.02. The Morgan fingerprint density at radius 2 is 1.95 bits per heavy atom. The maximum atomic E-state index is 13.5. The summed E-state index contributed by atoms with van der Waals surface area (Å²) < 4.78 is 32.2. The predicted octanol–water partition coefficient (Wildman–Crippen LogP) is 3.80. The number of anilines is 1. The summed E-state index contributed by atoms with van der Waals surface area (Å²) in [5.74, 6) is -3.63. The minimum absolute atomic E-state index is 0.0362. The summed E-state index contributed by atoms with van der Waals surface area (Å²) in [6.07, 6.45) is 0. The molecule has 0 saturated carbocycles. The third-order valence-corrected chi connectivity index (χ3v) is 2.90. The molecule has 0 heterocycles. The first-order chi connectivity index (χ1) is 9.38. The molecule has 0 aliphatic heterocycles. The van der Waals surface area contributed by atoms with Crippen molar-refractivity contribution >= 4 is 27.6 Å². The molecule has 3 N–H and O–H groups in total. The maximum absolute atomic E-state index is 13.5. The fourth-order valence-electron chi connectivity index (χ4n) is 1.53. The highest BCUT2D eigenvalue weighted by atomic mass is 79.9. The van der Waals surface area contributed by atoms with Crippen molar-refractivity contribution in [3.8, 4) is 11.5 Å². The number of benzene rings is 2. The van der Waals surface area contributed by atoms with Crippen LogP contribution in [-0.2, 0) is 0 Å². The van der Waals surface area contributed by atoms with Crippen molar-refractivity contribution in [2.45, 2.75) is 0 Å². The molecule has 0 atom stereocenters. The second-order valence-electron chi connectivity index (χ2n) is 3.86. The second kappa shape index (κ2) is 5.46. The van der Waals surface area contributed by atoms with Crippen LogP contribution in [0.3, 0.4) is 0 Å². The molecule has 0 spiro atoms. The quantitative estimate of drug-likeness (QED) is 0.656. The average Bonchev–Trinajstić information content (AvgIpc) is 2.35. The van der Waals surface area contributed by atoms with Crippen LogP contribution in [0.1, 0.15) is 10.4 Å². The zero-order valence-corrected chi connectivity index (χ0v) is 11.4. The molecule has 0 aliphatic carbocycles. The number of ether oxygens (including phenoxy) is 1. The summed E-state index contributed by atoms with van der Waals surface area (Å²) in [7, 11) is 0. The van der Waals surface area contributed by atoms with Gasteiger partial charge in [0.1, 0.15) is 5.75 Å². The van der Waals surface area contributed by atoms with Crippen LogP contribution in [0.2, 0.25) is 0 Å². The smallest absolute Gasteiger partial charge is 0.337 e. The summed E-state index contributed by atoms with van der Waals surface area (Å²) in [5, 5.41) is 8.83. The standard InChI is InChI=1S/C13H8BrF2NO3/c14-6-3-9(15)12(16)11(4-6)20-7-1-2-8(13(18)19)10(17)5-7/h1-5H,17H2,(H,18,19). The highest BCUT2D eigenvalue weighted by molar-refractivity contribution is 9.10. The largest absolute Gasteiger partial charge is 0.478 e. The second-order valence-corrected chi connectivity index (χ2v) is 4.77. The topological polar surface area (TPSA) is 72.5 Å². The Balaban J connectivity index is 2.36. The minimum Gasteiger partial charge on any atom is -0.478 e. The molecule has 2 aromatic carbocycles. The van der Waals surface area contributed by atoms with Crippen LogP contribution in [0.4, 0.5) is 14.5 Å². The van der Waals surface area contributed by atoms with Gasteiger partial charge in [0, 0.05) is 16.2 Å². The van der Waals surface area contributed by atoms with Crippen LogP contribution >= 0.6 is 15.9 Å². The van der Waals surface area contributed by atoms with Gasteiger partial charge in [-0.2, -0.15) is 4.39 Å². The highest BCUT2D eigenvalue weighted by Gasteiger charge is 2.14. The molecule has 2 rings (SSSR count). The maximum Gasteiger partial charge on any atom is 0.337 e. The lowest BCUT2D eigenvalue weighted by Gasteiger charge is -2.09. The van der Waals surface area contributed by atoms with E-state index in [1.165, 1.54) is 24.3 Å². The number of nitrogen functional groups attached to an aromatic ring is 1. The van der Waals surface area contributed by atoms with Crippen LogP contribution in [0.5, 0.6) is 11.5 Å². The number of nitrogens with two attached hydrogens (primary N) is 1. The zero-order chi connectivity index (χ0) is 14.9. The molecule has 0 saturated heterocycles. The predicted molar refractivity (Wildman–Crippen MR) is 71.9 cm³/mol. The Kier molecular flexibility index (Phi) is 3.89. The molecular formula is C13H8BrF2NO3. The van der Waals surface area contributed by atoms with Crippen LogP contribution < -0.4 is 10.5 Å². The molecule has 4 nitrogen and oxygen atoms in total. The van der Waals surface area contributed by atoms with Gasteiger partial charge in [-0.1, -0.05) is 15.9 Å². The van der Waals surface area contributed by atoms with E-state index in [2.05, 4.69) is 15.9 Å². The van der Waals surface area contributed by atoms with Crippen molar-refractivity contribution in [2.24, 2.45) is 0 Å². The van der Waals surface area contributed by atoms with E-state index in [4.69, 9.17) is 15.6 Å². The Morgan fingerprint density at radius 1 is 1.25 bits per heavy atom. The van der Waals surface area contributed by atoms with Gasteiger partial charge in [0.05, 0.1) is 5.56 Å². The number of hydrogen-bond donors (Lipinski definition) is 2. The van der Waals surface area contributed by atoms with Crippen molar-refractivity contribution in [2.75, 3.05) is 5.73 Å². The Morgan fingerprint density at radius 3 is 2.55 bits per heavy atom. The van der Waals surface area contributed by atoms with Crippen LogP contribution in [0.15, 0.2) is 34.8 Å². The molecule has 0 unspecified atom stereocenters. The van der Waals surface area contributed by atoms with Crippen LogP contribution in [0, 0.1) is 11.6 Å². The molecule has 0 bridgehead atoms. The van der Waals surface area contributed by atoms with Crippen molar-refractivity contribution in [1.82, 2.24) is 0 Å². The first kappa shape index (κ1) is 14.3. The lowest BCUT2D eigenvalue weighted by Crippen LogP contribution is -2.02. The van der Waals surface area contributed by atoms with E-state index in [1.807, 2.05) is 0 Å². The van der Waals surface area contributed by atoms with E-state index >= 15 is 0 Å². The fraction of sp³-hybridized carbons (Fsp3) is 0. The molecule has 20 heavy (non-hydrogen) atoms. The van der Waals surface area contributed by atoms with Crippen LogP contribution in [-0.4, -0.2) is 11.1 Å². The summed E-state index contributed by atoms with van der Waals surface area (Å²) in [6.45, 7) is 0. The highest BCUT2D eigenvalue weighted by Crippen LogP contribution is 2.31. The fourth-order valence-corrected chi connectivity index (χ4v) is 1.94. The number of halogens is 3. The van der Waals surface area contributed by atoms with Gasteiger partial charge in [-0.25, -0.2) is 9.18 Å². The molecule has 7 heteroatoms. The molecule has 0 radical (unpaired) electrons. The Hall–Kier alpha value is -2.15. The molecule has 0 aromatic heterocycles. The SMILES string of the molecule is Nc1cc(Oc2cc(Br)cc(F)c2F)ccc1C(=O)O. The molecule has 0 fully saturated rings. The average molecular weight is 344 g/mol. The van der Waals surface area contributed by atoms with Gasteiger partial charge in [-0.3, -0.25) is 0 Å². The van der Waals surface area contributed by atoms with Gasteiger partial charge in [-0.05, 0) is 24.3 Å². The van der Waals surface area contributed by atoms with E-state index in [9.17, 15) is 13.6 Å². The monoisotopic (exact) mass is 343 g/mol. The summed E-state index contributed by atoms with van der Waals surface area (Å²) in [5.41, 5.74) is 5.40. The molecule has 0 aliphatic rings. The zero-order valence-electron chi connectivity index (χ0n) is 9.86. The molecule has 0 amide bonds. The minimum atomic E-state index is -1.19. The number of hydrogen-bond acceptors (Lipinski definition) is 3. The van der Waals surface area contributed by atoms with Gasteiger partial charge < -0.3 is 15.6 Å². The number of rotatable bonds is 3. The van der Waals surface area contributed by atoms with Gasteiger partial charge >= 0.3 is 5.97 Å². The number of carboxylic acid groups (broad SMARTS) is 1. The summed E-state index contributed by atoms with van der Waals surface area (Å²) in [4.78, 5) is 10.8. The van der Waals surface area contributed by atoms with Gasteiger partial charge in [-0.15, -0.1) is 0 Å².